The number of fused-ring (bicyclic) bond motifs is 1. The van der Waals surface area contributed by atoms with Gasteiger partial charge in [0.15, 0.2) is 0 Å². The summed E-state index contributed by atoms with van der Waals surface area (Å²) >= 11 is 0. The van der Waals surface area contributed by atoms with Crippen molar-refractivity contribution < 1.29 is 4.74 Å². The Kier molecular flexibility index (Phi) is 3.52. The monoisotopic (exact) mass is 311 g/mol. The Hall–Kier alpha value is -2.37. The number of piperidine rings is 1. The number of nitrogens with zero attached hydrogens (tertiary/aromatic N) is 5. The Morgan fingerprint density at radius 2 is 2.17 bits per heavy atom. The van der Waals surface area contributed by atoms with Crippen LogP contribution in [0.1, 0.15) is 36.7 Å². The molecule has 0 radical (unpaired) electrons. The number of pyridine rings is 1. The van der Waals surface area contributed by atoms with Crippen molar-refractivity contribution in [3.63, 3.8) is 0 Å². The van der Waals surface area contributed by atoms with Gasteiger partial charge in [-0.25, -0.2) is 9.97 Å². The quantitative estimate of drug-likeness (QED) is 0.874. The van der Waals surface area contributed by atoms with Crippen LogP contribution in [-0.2, 0) is 0 Å². The molecule has 0 amide bonds. The first-order chi connectivity index (χ1) is 11.2. The summed E-state index contributed by atoms with van der Waals surface area (Å²) in [5.41, 5.74) is 2.85. The third kappa shape index (κ3) is 2.58. The van der Waals surface area contributed by atoms with E-state index in [-0.39, 0.29) is 6.04 Å². The predicted molar refractivity (Wildman–Crippen MR) is 88.2 cm³/mol. The van der Waals surface area contributed by atoms with Gasteiger partial charge >= 0.3 is 0 Å². The van der Waals surface area contributed by atoms with E-state index in [0.29, 0.717) is 5.88 Å². The van der Waals surface area contributed by atoms with E-state index in [2.05, 4.69) is 16.0 Å². The molecule has 23 heavy (non-hydrogen) atoms. The average Bonchev–Trinajstić information content (AvgIpc) is 3.20. The molecule has 0 saturated carbocycles. The van der Waals surface area contributed by atoms with Gasteiger partial charge in [-0.1, -0.05) is 0 Å². The van der Waals surface area contributed by atoms with Gasteiger partial charge in [0.2, 0.25) is 5.88 Å². The highest BCUT2D eigenvalue weighted by molar-refractivity contribution is 5.84. The fourth-order valence-electron chi connectivity index (χ4n) is 3.34. The van der Waals surface area contributed by atoms with Crippen molar-refractivity contribution in [2.45, 2.75) is 32.2 Å². The van der Waals surface area contributed by atoms with Gasteiger partial charge in [0.25, 0.3) is 0 Å². The fraction of sp³-hybridized carbons (Fsp3) is 0.471. The maximum Gasteiger partial charge on any atom is 0.238 e. The number of amidine groups is 1. The zero-order valence-corrected chi connectivity index (χ0v) is 13.6. The smallest absolute Gasteiger partial charge is 0.238 e. The fourth-order valence-corrected chi connectivity index (χ4v) is 3.34. The van der Waals surface area contributed by atoms with Crippen molar-refractivity contribution in [1.82, 2.24) is 19.4 Å². The van der Waals surface area contributed by atoms with Crippen molar-refractivity contribution in [2.24, 2.45) is 4.99 Å². The molecule has 2 aliphatic heterocycles. The van der Waals surface area contributed by atoms with E-state index < -0.39 is 0 Å². The number of rotatable bonds is 3. The van der Waals surface area contributed by atoms with Crippen LogP contribution in [0.25, 0.3) is 5.69 Å². The van der Waals surface area contributed by atoms with Crippen LogP contribution in [0.5, 0.6) is 5.88 Å². The lowest BCUT2D eigenvalue weighted by Crippen LogP contribution is -2.32. The van der Waals surface area contributed by atoms with Gasteiger partial charge in [-0.15, -0.1) is 0 Å². The number of aromatic nitrogens is 3. The van der Waals surface area contributed by atoms with Crippen LogP contribution >= 0.6 is 0 Å². The van der Waals surface area contributed by atoms with Crippen molar-refractivity contribution in [2.75, 3.05) is 20.2 Å². The number of imidazole rings is 1. The summed E-state index contributed by atoms with van der Waals surface area (Å²) in [6.07, 6.45) is 7.36. The summed E-state index contributed by atoms with van der Waals surface area (Å²) in [7, 11) is 1.66. The molecule has 0 spiro atoms. The minimum Gasteiger partial charge on any atom is -0.479 e. The highest BCUT2D eigenvalue weighted by Crippen LogP contribution is 2.30. The van der Waals surface area contributed by atoms with Crippen LogP contribution in [0.2, 0.25) is 0 Å². The van der Waals surface area contributed by atoms with Gasteiger partial charge in [0, 0.05) is 25.7 Å². The molecule has 0 N–H and O–H groups in total. The molecule has 0 aromatic carbocycles. The maximum atomic E-state index is 5.51. The van der Waals surface area contributed by atoms with E-state index >= 15 is 0 Å². The second-order valence-corrected chi connectivity index (χ2v) is 6.15. The zero-order valence-electron chi connectivity index (χ0n) is 13.6. The molecule has 2 aliphatic rings. The minimum atomic E-state index is 0.121. The molecule has 4 heterocycles. The summed E-state index contributed by atoms with van der Waals surface area (Å²) in [5.74, 6) is 1.86. The van der Waals surface area contributed by atoms with Crippen LogP contribution < -0.4 is 4.74 Å². The lowest BCUT2D eigenvalue weighted by molar-refractivity contribution is 0.376. The Morgan fingerprint density at radius 3 is 2.91 bits per heavy atom. The number of hydrogen-bond donors (Lipinski definition) is 0. The molecule has 120 valence electrons. The average molecular weight is 311 g/mol. The molecule has 0 bridgehead atoms. The van der Waals surface area contributed by atoms with Gasteiger partial charge < -0.3 is 14.2 Å². The second kappa shape index (κ2) is 5.68. The number of methoxy groups -OCH3 is 1. The van der Waals surface area contributed by atoms with Gasteiger partial charge in [0.05, 0.1) is 30.7 Å². The van der Waals surface area contributed by atoms with E-state index in [1.807, 2.05) is 23.8 Å². The van der Waals surface area contributed by atoms with E-state index in [0.717, 1.165) is 36.6 Å². The zero-order chi connectivity index (χ0) is 15.8. The number of aryl methyl sites for hydroxylation is 1. The van der Waals surface area contributed by atoms with Crippen LogP contribution in [0.4, 0.5) is 0 Å². The first-order valence-electron chi connectivity index (χ1n) is 8.12. The standard InChI is InChI=1S/C17H21N5O/c1-12-9-22(11-18-12)15-7-6-13(20-17(15)23-2)14-10-21-8-4-3-5-16(21)19-14/h6-7,9,11,14H,3-5,8,10H2,1-2H3. The van der Waals surface area contributed by atoms with Gasteiger partial charge in [-0.05, 0) is 31.9 Å². The molecule has 1 fully saturated rings. The first-order valence-corrected chi connectivity index (χ1v) is 8.12. The van der Waals surface area contributed by atoms with Gasteiger partial charge in [0.1, 0.15) is 11.7 Å². The predicted octanol–water partition coefficient (Wildman–Crippen LogP) is 2.52. The number of ether oxygens (including phenoxy) is 1. The molecule has 4 rings (SSSR count). The highest BCUT2D eigenvalue weighted by Gasteiger charge is 2.29. The topological polar surface area (TPSA) is 55.5 Å². The summed E-state index contributed by atoms with van der Waals surface area (Å²) in [4.78, 5) is 16.2. The van der Waals surface area contributed by atoms with E-state index in [9.17, 15) is 0 Å². The minimum absolute atomic E-state index is 0.121. The van der Waals surface area contributed by atoms with Crippen molar-refractivity contribution >= 4 is 5.84 Å². The largest absolute Gasteiger partial charge is 0.479 e. The molecule has 2 aromatic heterocycles. The Bertz CT molecular complexity index is 751. The summed E-state index contributed by atoms with van der Waals surface area (Å²) in [5, 5.41) is 0. The second-order valence-electron chi connectivity index (χ2n) is 6.15. The normalized spacial score (nSPS) is 20.3. The molecule has 1 atom stereocenters. The summed E-state index contributed by atoms with van der Waals surface area (Å²) in [6, 6.07) is 4.22. The van der Waals surface area contributed by atoms with Crippen molar-refractivity contribution in [3.8, 4) is 11.6 Å². The van der Waals surface area contributed by atoms with Crippen LogP contribution in [0.3, 0.4) is 0 Å². The molecular formula is C17H21N5O. The maximum absolute atomic E-state index is 5.51. The SMILES string of the molecule is COc1nc(C2CN3CCCCC3=N2)ccc1-n1cnc(C)c1. The Morgan fingerprint density at radius 1 is 1.26 bits per heavy atom. The van der Waals surface area contributed by atoms with E-state index in [1.165, 1.54) is 18.7 Å². The first kappa shape index (κ1) is 14.2. The third-order valence-corrected chi connectivity index (χ3v) is 4.53. The van der Waals surface area contributed by atoms with Crippen molar-refractivity contribution in [1.29, 1.82) is 0 Å². The summed E-state index contributed by atoms with van der Waals surface area (Å²) < 4.78 is 7.45. The van der Waals surface area contributed by atoms with E-state index in [1.54, 1.807) is 13.4 Å². The Balaban J connectivity index is 1.65. The third-order valence-electron chi connectivity index (χ3n) is 4.53. The van der Waals surface area contributed by atoms with Crippen LogP contribution in [0.15, 0.2) is 29.6 Å². The van der Waals surface area contributed by atoms with Gasteiger partial charge in [-0.3, -0.25) is 4.99 Å². The summed E-state index contributed by atoms with van der Waals surface area (Å²) in [6.45, 7) is 4.03. The molecule has 2 aromatic rings. The lowest BCUT2D eigenvalue weighted by atomic mass is 10.1. The van der Waals surface area contributed by atoms with Gasteiger partial charge in [-0.2, -0.15) is 0 Å². The lowest BCUT2D eigenvalue weighted by Gasteiger charge is -2.25. The van der Waals surface area contributed by atoms with E-state index in [4.69, 9.17) is 14.7 Å². The molecular weight excluding hydrogens is 290 g/mol. The van der Waals surface area contributed by atoms with Crippen LogP contribution in [0, 0.1) is 6.92 Å². The Labute approximate surface area is 135 Å². The number of aliphatic imine (C=N–C) groups is 1. The van der Waals surface area contributed by atoms with Crippen molar-refractivity contribution in [3.05, 3.63) is 36.0 Å². The number of hydrogen-bond acceptors (Lipinski definition) is 5. The molecule has 6 heteroatoms. The van der Waals surface area contributed by atoms with Crippen LogP contribution in [-0.4, -0.2) is 45.5 Å². The molecule has 1 saturated heterocycles. The highest BCUT2D eigenvalue weighted by atomic mass is 16.5. The molecule has 6 nitrogen and oxygen atoms in total. The molecule has 0 aliphatic carbocycles. The molecule has 1 unspecified atom stereocenters.